The molecular formula is C22H25F3N2O3. The van der Waals surface area contributed by atoms with E-state index in [0.29, 0.717) is 22.6 Å². The molecule has 0 aliphatic carbocycles. The van der Waals surface area contributed by atoms with Gasteiger partial charge >= 0.3 is 6.18 Å². The summed E-state index contributed by atoms with van der Waals surface area (Å²) in [6.45, 7) is 3.29. The summed E-state index contributed by atoms with van der Waals surface area (Å²) < 4.78 is 53.0. The number of nitrogens with zero attached hydrogens (tertiary/aromatic N) is 1. The van der Waals surface area contributed by atoms with E-state index in [1.807, 2.05) is 0 Å². The van der Waals surface area contributed by atoms with Gasteiger partial charge in [-0.3, -0.25) is 4.98 Å². The lowest BCUT2D eigenvalue weighted by Gasteiger charge is -2.38. The number of aliphatic hydroxyl groups is 1. The summed E-state index contributed by atoms with van der Waals surface area (Å²) in [5.74, 6) is 0.919. The number of alkyl halides is 3. The van der Waals surface area contributed by atoms with Gasteiger partial charge in [-0.1, -0.05) is 13.8 Å². The number of benzene rings is 1. The largest absolute Gasteiger partial charge is 0.497 e. The van der Waals surface area contributed by atoms with Crippen molar-refractivity contribution in [2.24, 2.45) is 0 Å². The average molecular weight is 422 g/mol. The lowest BCUT2D eigenvalue weighted by molar-refractivity contribution is -0.266. The van der Waals surface area contributed by atoms with Crippen molar-refractivity contribution in [3.8, 4) is 11.5 Å². The molecule has 0 aliphatic rings. The highest BCUT2D eigenvalue weighted by Gasteiger charge is 2.56. The second-order valence-electron chi connectivity index (χ2n) is 8.03. The van der Waals surface area contributed by atoms with Crippen LogP contribution in [0.5, 0.6) is 11.5 Å². The van der Waals surface area contributed by atoms with Gasteiger partial charge in [-0.2, -0.15) is 13.2 Å². The molecule has 2 N–H and O–H groups in total. The van der Waals surface area contributed by atoms with Crippen LogP contribution >= 0.6 is 0 Å². The third-order valence-electron chi connectivity index (χ3n) is 5.41. The Morgan fingerprint density at radius 1 is 1.07 bits per heavy atom. The smallest absolute Gasteiger partial charge is 0.417 e. The van der Waals surface area contributed by atoms with Gasteiger partial charge in [0.15, 0.2) is 5.60 Å². The number of methoxy groups -OCH3 is 2. The first kappa shape index (κ1) is 22.0. The van der Waals surface area contributed by atoms with E-state index >= 15 is 0 Å². The second kappa shape index (κ2) is 7.83. The molecule has 0 aliphatic heterocycles. The summed E-state index contributed by atoms with van der Waals surface area (Å²) in [7, 11) is 2.93. The van der Waals surface area contributed by atoms with Crippen molar-refractivity contribution in [1.29, 1.82) is 0 Å². The van der Waals surface area contributed by atoms with Gasteiger partial charge in [0.2, 0.25) is 0 Å². The molecule has 1 unspecified atom stereocenters. The Hall–Kier alpha value is -2.74. The quantitative estimate of drug-likeness (QED) is 0.575. The fourth-order valence-corrected chi connectivity index (χ4v) is 3.89. The molecule has 0 bridgehead atoms. The number of aromatic amines is 1. The van der Waals surface area contributed by atoms with Crippen molar-refractivity contribution in [3.05, 3.63) is 54.0 Å². The highest BCUT2D eigenvalue weighted by molar-refractivity contribution is 5.81. The summed E-state index contributed by atoms with van der Waals surface area (Å²) in [6, 6.07) is 8.40. The minimum Gasteiger partial charge on any atom is -0.497 e. The summed E-state index contributed by atoms with van der Waals surface area (Å²) in [4.78, 5) is 7.02. The van der Waals surface area contributed by atoms with E-state index in [9.17, 15) is 18.3 Å². The predicted molar refractivity (Wildman–Crippen MR) is 108 cm³/mol. The fourth-order valence-electron chi connectivity index (χ4n) is 3.89. The monoisotopic (exact) mass is 422 g/mol. The van der Waals surface area contributed by atoms with Crippen molar-refractivity contribution in [1.82, 2.24) is 9.97 Å². The van der Waals surface area contributed by atoms with E-state index in [4.69, 9.17) is 9.47 Å². The number of aromatic nitrogens is 2. The van der Waals surface area contributed by atoms with Crippen LogP contribution in [0.3, 0.4) is 0 Å². The van der Waals surface area contributed by atoms with Crippen LogP contribution in [0.4, 0.5) is 13.2 Å². The fraction of sp³-hybridized carbons (Fsp3) is 0.409. The van der Waals surface area contributed by atoms with Gasteiger partial charge < -0.3 is 19.6 Å². The molecule has 2 heterocycles. The van der Waals surface area contributed by atoms with Crippen LogP contribution in [0.1, 0.15) is 31.5 Å². The molecule has 5 nitrogen and oxygen atoms in total. The molecule has 2 aromatic heterocycles. The minimum atomic E-state index is -4.87. The molecule has 0 amide bonds. The van der Waals surface area contributed by atoms with Gasteiger partial charge in [0.1, 0.15) is 11.5 Å². The Labute approximate surface area is 172 Å². The van der Waals surface area contributed by atoms with Gasteiger partial charge in [0, 0.05) is 29.8 Å². The van der Waals surface area contributed by atoms with Gasteiger partial charge in [-0.15, -0.1) is 0 Å². The summed E-state index contributed by atoms with van der Waals surface area (Å²) in [5, 5.41) is 11.7. The molecule has 1 aromatic carbocycles. The van der Waals surface area contributed by atoms with Crippen LogP contribution < -0.4 is 9.47 Å². The first-order chi connectivity index (χ1) is 14.0. The number of pyridine rings is 1. The van der Waals surface area contributed by atoms with Gasteiger partial charge in [-0.25, -0.2) is 0 Å². The lowest BCUT2D eigenvalue weighted by Crippen LogP contribution is -2.51. The zero-order valence-corrected chi connectivity index (χ0v) is 17.3. The van der Waals surface area contributed by atoms with Gasteiger partial charge in [0.05, 0.1) is 25.4 Å². The first-order valence-electron chi connectivity index (χ1n) is 9.43. The molecular weight excluding hydrogens is 397 g/mol. The normalized spacial score (nSPS) is 14.5. The van der Waals surface area contributed by atoms with Crippen molar-refractivity contribution < 1.29 is 27.8 Å². The molecule has 8 heteroatoms. The van der Waals surface area contributed by atoms with Crippen molar-refractivity contribution >= 4 is 10.9 Å². The predicted octanol–water partition coefficient (Wildman–Crippen LogP) is 4.78. The van der Waals surface area contributed by atoms with E-state index in [1.165, 1.54) is 20.4 Å². The maximum Gasteiger partial charge on any atom is 0.417 e. The maximum atomic E-state index is 14.1. The topological polar surface area (TPSA) is 67.4 Å². The molecule has 0 spiro atoms. The molecule has 0 fully saturated rings. The van der Waals surface area contributed by atoms with E-state index in [1.54, 1.807) is 50.4 Å². The second-order valence-corrected chi connectivity index (χ2v) is 8.03. The molecule has 0 radical (unpaired) electrons. The van der Waals surface area contributed by atoms with Gasteiger partial charge in [-0.05, 0) is 42.2 Å². The standard InChI is InChI=1S/C22H25F3N2O3/c1-20(2,16-11-15(29-3)5-6-18(16)30-4)13-21(28,22(23,24)25)12-17-19-14(7-9-26-17)8-10-27-19/h5-11,27-28H,12-13H2,1-4H3. The SMILES string of the molecule is COc1ccc(OC)c(C(C)(C)CC(O)(Cc2nccc3cc[nH]c23)C(F)(F)F)c1. The Bertz CT molecular complexity index is 1030. The van der Waals surface area contributed by atoms with E-state index in [-0.39, 0.29) is 5.69 Å². The lowest BCUT2D eigenvalue weighted by atomic mass is 9.73. The van der Waals surface area contributed by atoms with Crippen LogP contribution in [0.2, 0.25) is 0 Å². The average Bonchev–Trinajstić information content (AvgIpc) is 3.16. The number of hydrogen-bond donors (Lipinski definition) is 2. The van der Waals surface area contributed by atoms with Crippen LogP contribution in [-0.2, 0) is 11.8 Å². The molecule has 0 saturated carbocycles. The number of rotatable bonds is 7. The minimum absolute atomic E-state index is 0.158. The summed E-state index contributed by atoms with van der Waals surface area (Å²) in [5.41, 5.74) is -2.94. The van der Waals surface area contributed by atoms with E-state index in [0.717, 1.165) is 5.39 Å². The molecule has 30 heavy (non-hydrogen) atoms. The van der Waals surface area contributed by atoms with Gasteiger partial charge in [0.25, 0.3) is 0 Å². The Morgan fingerprint density at radius 3 is 2.43 bits per heavy atom. The third-order valence-corrected chi connectivity index (χ3v) is 5.41. The molecule has 1 atom stereocenters. The summed E-state index contributed by atoms with van der Waals surface area (Å²) >= 11 is 0. The zero-order valence-electron chi connectivity index (χ0n) is 17.3. The number of fused-ring (bicyclic) bond motifs is 1. The highest BCUT2D eigenvalue weighted by atomic mass is 19.4. The Kier molecular flexibility index (Phi) is 5.73. The number of H-pyrrole nitrogens is 1. The third kappa shape index (κ3) is 4.09. The number of ether oxygens (including phenoxy) is 2. The van der Waals surface area contributed by atoms with Crippen LogP contribution in [0.25, 0.3) is 10.9 Å². The number of halogens is 3. The van der Waals surface area contributed by atoms with E-state index in [2.05, 4.69) is 9.97 Å². The molecule has 162 valence electrons. The molecule has 3 rings (SSSR count). The summed E-state index contributed by atoms with van der Waals surface area (Å²) in [6.07, 6.45) is -3.06. The Balaban J connectivity index is 2.03. The highest BCUT2D eigenvalue weighted by Crippen LogP contribution is 2.45. The molecule has 3 aromatic rings. The van der Waals surface area contributed by atoms with Crippen LogP contribution in [-0.4, -0.2) is 41.1 Å². The van der Waals surface area contributed by atoms with Crippen molar-refractivity contribution in [2.45, 2.75) is 43.9 Å². The van der Waals surface area contributed by atoms with E-state index < -0.39 is 30.0 Å². The van der Waals surface area contributed by atoms with Crippen LogP contribution in [0.15, 0.2) is 42.7 Å². The zero-order chi connectivity index (χ0) is 22.2. The first-order valence-corrected chi connectivity index (χ1v) is 9.43. The van der Waals surface area contributed by atoms with Crippen LogP contribution in [0, 0.1) is 0 Å². The maximum absolute atomic E-state index is 14.1. The molecule has 0 saturated heterocycles. The number of hydrogen-bond acceptors (Lipinski definition) is 4. The number of nitrogens with one attached hydrogen (secondary N) is 1. The van der Waals surface area contributed by atoms with Crippen molar-refractivity contribution in [3.63, 3.8) is 0 Å². The van der Waals surface area contributed by atoms with Crippen molar-refractivity contribution in [2.75, 3.05) is 14.2 Å². The Morgan fingerprint density at radius 2 is 1.80 bits per heavy atom.